The molecule has 0 radical (unpaired) electrons. The minimum absolute atomic E-state index is 0.116. The Hall–Kier alpha value is -1.75. The van der Waals surface area contributed by atoms with Crippen molar-refractivity contribution < 1.29 is 16.8 Å². The average molecular weight is 399 g/mol. The van der Waals surface area contributed by atoms with E-state index in [0.29, 0.717) is 6.54 Å². The first kappa shape index (κ1) is 19.0. The third-order valence-corrected chi connectivity index (χ3v) is 8.19. The molecule has 0 saturated carbocycles. The molecule has 1 saturated heterocycles. The largest absolute Gasteiger partial charge is 0.272 e. The van der Waals surface area contributed by atoms with E-state index < -0.39 is 20.0 Å². The van der Waals surface area contributed by atoms with Crippen LogP contribution < -0.4 is 0 Å². The quantitative estimate of drug-likeness (QED) is 0.746. The van der Waals surface area contributed by atoms with E-state index in [4.69, 9.17) is 0 Å². The van der Waals surface area contributed by atoms with Crippen LogP contribution in [0, 0.1) is 6.92 Å². The van der Waals surface area contributed by atoms with Crippen LogP contribution in [-0.2, 0) is 26.6 Å². The van der Waals surface area contributed by atoms with E-state index in [-0.39, 0.29) is 36.0 Å². The van der Waals surface area contributed by atoms with Gasteiger partial charge in [-0.3, -0.25) is 4.68 Å². The fourth-order valence-electron chi connectivity index (χ4n) is 2.81. The molecule has 10 heteroatoms. The third-order valence-electron chi connectivity index (χ3n) is 4.43. The van der Waals surface area contributed by atoms with E-state index in [1.54, 1.807) is 28.9 Å². The zero-order valence-electron chi connectivity index (χ0n) is 14.7. The highest BCUT2D eigenvalue weighted by atomic mass is 32.2. The molecule has 142 valence electrons. The van der Waals surface area contributed by atoms with Crippen molar-refractivity contribution in [3.63, 3.8) is 0 Å². The van der Waals surface area contributed by atoms with Gasteiger partial charge >= 0.3 is 0 Å². The van der Waals surface area contributed by atoms with Crippen molar-refractivity contribution >= 4 is 20.0 Å². The van der Waals surface area contributed by atoms with Gasteiger partial charge in [0.2, 0.25) is 20.0 Å². The molecule has 26 heavy (non-hydrogen) atoms. The van der Waals surface area contributed by atoms with Gasteiger partial charge in [0.1, 0.15) is 4.90 Å². The van der Waals surface area contributed by atoms with Gasteiger partial charge in [0, 0.05) is 38.9 Å². The minimum atomic E-state index is -3.66. The lowest BCUT2D eigenvalue weighted by atomic mass is 10.2. The fraction of sp³-hybridized carbons (Fsp3) is 0.438. The van der Waals surface area contributed by atoms with Crippen LogP contribution in [-0.4, -0.2) is 61.4 Å². The Kier molecular flexibility index (Phi) is 5.20. The number of nitrogens with zero attached hydrogens (tertiary/aromatic N) is 4. The summed E-state index contributed by atoms with van der Waals surface area (Å²) in [6.45, 7) is 4.82. The Morgan fingerprint density at radius 2 is 1.38 bits per heavy atom. The lowest BCUT2D eigenvalue weighted by molar-refractivity contribution is 0.273. The Balaban J connectivity index is 1.73. The molecular formula is C16H22N4O4S2. The molecule has 1 fully saturated rings. The Bertz CT molecular complexity index is 974. The molecule has 1 aliphatic heterocycles. The second-order valence-electron chi connectivity index (χ2n) is 6.15. The first-order valence-electron chi connectivity index (χ1n) is 8.34. The highest BCUT2D eigenvalue weighted by molar-refractivity contribution is 7.89. The van der Waals surface area contributed by atoms with Crippen molar-refractivity contribution in [1.82, 2.24) is 18.4 Å². The number of hydrogen-bond donors (Lipinski definition) is 0. The van der Waals surface area contributed by atoms with Crippen LogP contribution in [0.15, 0.2) is 46.5 Å². The van der Waals surface area contributed by atoms with Gasteiger partial charge in [0.25, 0.3) is 0 Å². The number of sulfonamides is 2. The molecule has 1 aromatic heterocycles. The van der Waals surface area contributed by atoms with Crippen molar-refractivity contribution in [3.05, 3.63) is 42.2 Å². The van der Waals surface area contributed by atoms with Crippen LogP contribution in [0.2, 0.25) is 0 Å². The molecule has 2 heterocycles. The third kappa shape index (κ3) is 3.54. The van der Waals surface area contributed by atoms with E-state index in [1.165, 1.54) is 21.0 Å². The number of benzene rings is 1. The lowest BCUT2D eigenvalue weighted by Crippen LogP contribution is -2.50. The van der Waals surface area contributed by atoms with Crippen LogP contribution in [0.3, 0.4) is 0 Å². The molecule has 2 aromatic rings. The highest BCUT2D eigenvalue weighted by Gasteiger charge is 2.34. The van der Waals surface area contributed by atoms with Crippen LogP contribution in [0.4, 0.5) is 0 Å². The lowest BCUT2D eigenvalue weighted by Gasteiger charge is -2.33. The minimum Gasteiger partial charge on any atom is -0.272 e. The smallest absolute Gasteiger partial charge is 0.246 e. The van der Waals surface area contributed by atoms with Gasteiger partial charge in [0.05, 0.1) is 11.1 Å². The monoisotopic (exact) mass is 398 g/mol. The van der Waals surface area contributed by atoms with Crippen LogP contribution in [0.25, 0.3) is 0 Å². The summed E-state index contributed by atoms with van der Waals surface area (Å²) in [6.07, 6.45) is 2.82. The second kappa shape index (κ2) is 7.10. The molecule has 8 nitrogen and oxygen atoms in total. The fourth-order valence-corrected chi connectivity index (χ4v) is 5.61. The maximum atomic E-state index is 12.7. The van der Waals surface area contributed by atoms with Crippen molar-refractivity contribution in [2.24, 2.45) is 0 Å². The summed E-state index contributed by atoms with van der Waals surface area (Å²) in [5.74, 6) is 0. The summed E-state index contributed by atoms with van der Waals surface area (Å²) < 4.78 is 55.0. The van der Waals surface area contributed by atoms with Gasteiger partial charge in [-0.15, -0.1) is 0 Å². The highest BCUT2D eigenvalue weighted by Crippen LogP contribution is 2.21. The molecule has 0 N–H and O–H groups in total. The van der Waals surface area contributed by atoms with Gasteiger partial charge in [0.15, 0.2) is 0 Å². The van der Waals surface area contributed by atoms with E-state index in [0.717, 1.165) is 5.56 Å². The average Bonchev–Trinajstić information content (AvgIpc) is 3.12. The van der Waals surface area contributed by atoms with Crippen LogP contribution in [0.1, 0.15) is 12.5 Å². The van der Waals surface area contributed by atoms with Crippen LogP contribution >= 0.6 is 0 Å². The van der Waals surface area contributed by atoms with Gasteiger partial charge in [-0.05, 0) is 26.0 Å². The molecular weight excluding hydrogens is 376 g/mol. The SMILES string of the molecule is CCn1cc(S(=O)(=O)N2CCN(S(=O)(=O)c3ccc(C)cc3)CC2)cn1. The summed E-state index contributed by atoms with van der Waals surface area (Å²) in [7, 11) is -7.28. The number of rotatable bonds is 5. The summed E-state index contributed by atoms with van der Waals surface area (Å²) in [6, 6.07) is 6.65. The Morgan fingerprint density at radius 3 is 1.85 bits per heavy atom. The number of piperazine rings is 1. The molecule has 0 aliphatic carbocycles. The van der Waals surface area contributed by atoms with Gasteiger partial charge in [-0.1, -0.05) is 17.7 Å². The summed E-state index contributed by atoms with van der Waals surface area (Å²) >= 11 is 0. The molecule has 0 atom stereocenters. The zero-order chi connectivity index (χ0) is 18.9. The summed E-state index contributed by atoms with van der Waals surface area (Å²) in [5, 5.41) is 4.00. The molecule has 0 unspecified atom stereocenters. The topological polar surface area (TPSA) is 92.6 Å². The Labute approximate surface area is 154 Å². The van der Waals surface area contributed by atoms with E-state index >= 15 is 0 Å². The van der Waals surface area contributed by atoms with Gasteiger partial charge in [-0.2, -0.15) is 13.7 Å². The molecule has 0 bridgehead atoms. The normalized spacial score (nSPS) is 17.5. The van der Waals surface area contributed by atoms with Crippen molar-refractivity contribution in [1.29, 1.82) is 0 Å². The van der Waals surface area contributed by atoms with E-state index in [1.807, 2.05) is 13.8 Å². The van der Waals surface area contributed by atoms with Gasteiger partial charge < -0.3 is 0 Å². The van der Waals surface area contributed by atoms with E-state index in [2.05, 4.69) is 5.10 Å². The molecule has 3 rings (SSSR count). The van der Waals surface area contributed by atoms with Crippen molar-refractivity contribution in [3.8, 4) is 0 Å². The summed E-state index contributed by atoms with van der Waals surface area (Å²) in [5.41, 5.74) is 0.979. The van der Waals surface area contributed by atoms with Gasteiger partial charge in [-0.25, -0.2) is 16.8 Å². The van der Waals surface area contributed by atoms with Crippen molar-refractivity contribution in [2.75, 3.05) is 26.2 Å². The molecule has 0 spiro atoms. The first-order chi connectivity index (χ1) is 12.2. The predicted molar refractivity (Wildman–Crippen MR) is 96.6 cm³/mol. The Morgan fingerprint density at radius 1 is 0.885 bits per heavy atom. The molecule has 0 amide bonds. The second-order valence-corrected chi connectivity index (χ2v) is 10.0. The first-order valence-corrected chi connectivity index (χ1v) is 11.2. The number of hydrogen-bond acceptors (Lipinski definition) is 5. The van der Waals surface area contributed by atoms with Crippen LogP contribution in [0.5, 0.6) is 0 Å². The van der Waals surface area contributed by atoms with Crippen molar-refractivity contribution in [2.45, 2.75) is 30.2 Å². The standard InChI is InChI=1S/C16H22N4O4S2/c1-3-18-13-16(12-17-18)26(23,24)20-10-8-19(9-11-20)25(21,22)15-6-4-14(2)5-7-15/h4-7,12-13H,3,8-11H2,1-2H3. The number of aromatic nitrogens is 2. The maximum Gasteiger partial charge on any atom is 0.246 e. The molecule has 1 aromatic carbocycles. The predicted octanol–water partition coefficient (Wildman–Crippen LogP) is 0.907. The molecule has 1 aliphatic rings. The maximum absolute atomic E-state index is 12.7. The summed E-state index contributed by atoms with van der Waals surface area (Å²) in [4.78, 5) is 0.359. The van der Waals surface area contributed by atoms with E-state index in [9.17, 15) is 16.8 Å². The zero-order valence-corrected chi connectivity index (χ0v) is 16.4. The number of aryl methyl sites for hydroxylation is 2.